The average Bonchev–Trinajstić information content (AvgIpc) is 2.48. The van der Waals surface area contributed by atoms with Gasteiger partial charge in [-0.3, -0.25) is 4.90 Å². The van der Waals surface area contributed by atoms with Gasteiger partial charge in [0.1, 0.15) is 11.7 Å². The van der Waals surface area contributed by atoms with Crippen LogP contribution in [0.4, 0.5) is 9.18 Å². The van der Waals surface area contributed by atoms with Crippen LogP contribution in [0.2, 0.25) is 0 Å². The fraction of sp³-hybridized carbons (Fsp3) is 0.667. The van der Waals surface area contributed by atoms with E-state index in [1.165, 1.54) is 0 Å². The number of aromatic nitrogens is 1. The van der Waals surface area contributed by atoms with Gasteiger partial charge in [-0.2, -0.15) is 4.39 Å². The molecule has 1 aromatic heterocycles. The molecule has 0 aromatic carbocycles. The van der Waals surface area contributed by atoms with Crippen LogP contribution in [0.3, 0.4) is 0 Å². The van der Waals surface area contributed by atoms with Crippen molar-refractivity contribution in [2.75, 3.05) is 26.2 Å². The third kappa shape index (κ3) is 5.37. The third-order valence-electron chi connectivity index (χ3n) is 4.17. The second-order valence-corrected chi connectivity index (χ2v) is 7.64. The predicted molar refractivity (Wildman–Crippen MR) is 92.7 cm³/mol. The van der Waals surface area contributed by atoms with Crippen molar-refractivity contribution in [1.82, 2.24) is 14.8 Å². The van der Waals surface area contributed by atoms with Gasteiger partial charge in [-0.25, -0.2) is 9.78 Å². The van der Waals surface area contributed by atoms with Crippen molar-refractivity contribution in [3.63, 3.8) is 0 Å². The van der Waals surface area contributed by atoms with Gasteiger partial charge in [0.15, 0.2) is 0 Å². The number of carbonyl (C=O) groups excluding carboxylic acids is 1. The molecule has 1 N–H and O–H groups in total. The summed E-state index contributed by atoms with van der Waals surface area (Å²) in [7, 11) is 0. The molecule has 2 atom stereocenters. The van der Waals surface area contributed by atoms with Crippen molar-refractivity contribution in [1.29, 1.82) is 0 Å². The van der Waals surface area contributed by atoms with Crippen LogP contribution in [0, 0.1) is 12.9 Å². The smallest absolute Gasteiger partial charge is 0.410 e. The van der Waals surface area contributed by atoms with Gasteiger partial charge < -0.3 is 14.7 Å². The highest BCUT2D eigenvalue weighted by molar-refractivity contribution is 5.68. The van der Waals surface area contributed by atoms with Gasteiger partial charge in [0.25, 0.3) is 0 Å². The molecule has 0 saturated carbocycles. The lowest BCUT2D eigenvalue weighted by molar-refractivity contribution is -0.00450. The lowest BCUT2D eigenvalue weighted by atomic mass is 10.1. The van der Waals surface area contributed by atoms with Crippen molar-refractivity contribution in [2.24, 2.45) is 0 Å². The number of pyridine rings is 1. The van der Waals surface area contributed by atoms with Crippen LogP contribution in [-0.2, 0) is 4.74 Å². The largest absolute Gasteiger partial charge is 0.444 e. The number of hydrogen-bond acceptors (Lipinski definition) is 5. The summed E-state index contributed by atoms with van der Waals surface area (Å²) in [6.07, 6.45) is -1.18. The van der Waals surface area contributed by atoms with E-state index in [1.54, 1.807) is 24.0 Å². The topological polar surface area (TPSA) is 65.9 Å². The Labute approximate surface area is 148 Å². The Morgan fingerprint density at radius 2 is 2.12 bits per heavy atom. The fourth-order valence-electron chi connectivity index (χ4n) is 2.83. The standard InChI is InChI=1S/C18H28FN3O3/c1-12-6-7-14(20-16(12)19)15(23)11-21-8-9-22(13(2)10-21)17(24)25-18(3,4)5/h6-7,13,15,23H,8-11H2,1-5H3/t13-,15-/m1/s1. The molecule has 0 bridgehead atoms. The number of hydrogen-bond donors (Lipinski definition) is 1. The first kappa shape index (κ1) is 19.6. The highest BCUT2D eigenvalue weighted by Crippen LogP contribution is 2.19. The molecular formula is C18H28FN3O3. The normalized spacial score (nSPS) is 20.4. The predicted octanol–water partition coefficient (Wildman–Crippen LogP) is 2.50. The van der Waals surface area contributed by atoms with Gasteiger partial charge in [-0.15, -0.1) is 0 Å². The molecule has 25 heavy (non-hydrogen) atoms. The van der Waals surface area contributed by atoms with E-state index in [-0.39, 0.29) is 12.1 Å². The van der Waals surface area contributed by atoms with Gasteiger partial charge in [-0.1, -0.05) is 6.07 Å². The van der Waals surface area contributed by atoms with Crippen LogP contribution in [0.25, 0.3) is 0 Å². The monoisotopic (exact) mass is 353 g/mol. The van der Waals surface area contributed by atoms with E-state index < -0.39 is 17.7 Å². The zero-order valence-electron chi connectivity index (χ0n) is 15.6. The first-order chi connectivity index (χ1) is 11.6. The molecule has 2 rings (SSSR count). The molecule has 0 unspecified atom stereocenters. The summed E-state index contributed by atoms with van der Waals surface area (Å²) in [5, 5.41) is 10.3. The molecule has 0 aliphatic carbocycles. The highest BCUT2D eigenvalue weighted by atomic mass is 19.1. The molecule has 1 fully saturated rings. The fourth-order valence-corrected chi connectivity index (χ4v) is 2.83. The summed E-state index contributed by atoms with van der Waals surface area (Å²) in [6, 6.07) is 3.23. The van der Waals surface area contributed by atoms with E-state index in [1.807, 2.05) is 27.7 Å². The molecule has 2 heterocycles. The summed E-state index contributed by atoms with van der Waals surface area (Å²) >= 11 is 0. The van der Waals surface area contributed by atoms with Crippen LogP contribution in [0.15, 0.2) is 12.1 Å². The van der Waals surface area contributed by atoms with E-state index >= 15 is 0 Å². The Morgan fingerprint density at radius 1 is 1.44 bits per heavy atom. The summed E-state index contributed by atoms with van der Waals surface area (Å²) in [4.78, 5) is 19.8. The molecular weight excluding hydrogens is 325 g/mol. The Bertz CT molecular complexity index is 618. The van der Waals surface area contributed by atoms with Crippen molar-refractivity contribution >= 4 is 6.09 Å². The SMILES string of the molecule is Cc1ccc([C@H](O)CN2CCN(C(=O)OC(C)(C)C)[C@H](C)C2)nc1F. The van der Waals surface area contributed by atoms with Gasteiger partial charge >= 0.3 is 6.09 Å². The molecule has 0 spiro atoms. The molecule has 1 saturated heterocycles. The van der Waals surface area contributed by atoms with E-state index in [9.17, 15) is 14.3 Å². The zero-order chi connectivity index (χ0) is 18.8. The van der Waals surface area contributed by atoms with Crippen molar-refractivity contribution < 1.29 is 19.0 Å². The first-order valence-corrected chi connectivity index (χ1v) is 8.60. The average molecular weight is 353 g/mol. The number of aliphatic hydroxyl groups is 1. The molecule has 1 aliphatic heterocycles. The lowest BCUT2D eigenvalue weighted by Gasteiger charge is -2.40. The maximum atomic E-state index is 13.6. The van der Waals surface area contributed by atoms with Gasteiger partial charge in [0.2, 0.25) is 5.95 Å². The highest BCUT2D eigenvalue weighted by Gasteiger charge is 2.31. The van der Waals surface area contributed by atoms with Crippen molar-refractivity contribution in [2.45, 2.75) is 52.4 Å². The van der Waals surface area contributed by atoms with E-state index in [4.69, 9.17) is 4.74 Å². The minimum atomic E-state index is -0.865. The number of amides is 1. The Morgan fingerprint density at radius 3 is 2.68 bits per heavy atom. The number of nitrogens with zero attached hydrogens (tertiary/aromatic N) is 3. The molecule has 1 amide bonds. The van der Waals surface area contributed by atoms with Gasteiger partial charge in [0, 0.05) is 37.8 Å². The molecule has 1 aromatic rings. The summed E-state index contributed by atoms with van der Waals surface area (Å²) in [5.41, 5.74) is 0.256. The third-order valence-corrected chi connectivity index (χ3v) is 4.17. The summed E-state index contributed by atoms with van der Waals surface area (Å²) in [5.74, 6) is -0.556. The minimum Gasteiger partial charge on any atom is -0.444 e. The van der Waals surface area contributed by atoms with Gasteiger partial charge in [-0.05, 0) is 40.7 Å². The van der Waals surface area contributed by atoms with Gasteiger partial charge in [0.05, 0.1) is 5.69 Å². The molecule has 7 heteroatoms. The summed E-state index contributed by atoms with van der Waals surface area (Å²) in [6.45, 7) is 11.2. The first-order valence-electron chi connectivity index (χ1n) is 8.60. The van der Waals surface area contributed by atoms with Crippen LogP contribution in [-0.4, -0.2) is 63.8 Å². The maximum Gasteiger partial charge on any atom is 0.410 e. The van der Waals surface area contributed by atoms with Crippen LogP contribution >= 0.6 is 0 Å². The minimum absolute atomic E-state index is 0.0292. The lowest BCUT2D eigenvalue weighted by Crippen LogP contribution is -2.55. The number of piperazine rings is 1. The summed E-state index contributed by atoms with van der Waals surface area (Å²) < 4.78 is 19.0. The zero-order valence-corrected chi connectivity index (χ0v) is 15.6. The number of β-amino-alcohol motifs (C(OH)–C–C–N with tert-alkyl or cyclic N) is 1. The van der Waals surface area contributed by atoms with E-state index in [0.717, 1.165) is 0 Å². The number of rotatable bonds is 3. The van der Waals surface area contributed by atoms with E-state index in [0.29, 0.717) is 37.4 Å². The Balaban J connectivity index is 1.92. The Kier molecular flexibility index (Phi) is 6.00. The Hall–Kier alpha value is -1.73. The quantitative estimate of drug-likeness (QED) is 0.846. The van der Waals surface area contributed by atoms with E-state index in [2.05, 4.69) is 9.88 Å². The number of halogens is 1. The van der Waals surface area contributed by atoms with Crippen molar-refractivity contribution in [3.8, 4) is 0 Å². The van der Waals surface area contributed by atoms with Crippen LogP contribution in [0.5, 0.6) is 0 Å². The molecule has 1 aliphatic rings. The number of carbonyl (C=O) groups is 1. The van der Waals surface area contributed by atoms with Crippen molar-refractivity contribution in [3.05, 3.63) is 29.3 Å². The molecule has 0 radical (unpaired) electrons. The maximum absolute atomic E-state index is 13.6. The number of ether oxygens (including phenoxy) is 1. The second kappa shape index (κ2) is 7.66. The van der Waals surface area contributed by atoms with Crippen LogP contribution in [0.1, 0.15) is 45.1 Å². The number of aliphatic hydroxyl groups excluding tert-OH is 1. The molecule has 6 nitrogen and oxygen atoms in total. The molecule has 140 valence electrons. The second-order valence-electron chi connectivity index (χ2n) is 7.64. The number of aryl methyl sites for hydroxylation is 1. The van der Waals surface area contributed by atoms with Crippen LogP contribution < -0.4 is 0 Å².